The fourth-order valence-corrected chi connectivity index (χ4v) is 5.45. The molecule has 1 unspecified atom stereocenters. The summed E-state index contributed by atoms with van der Waals surface area (Å²) < 4.78 is 5.46. The number of hydrogen-bond donors (Lipinski definition) is 2. The molecule has 0 bridgehead atoms. The fourth-order valence-electron chi connectivity index (χ4n) is 3.73. The van der Waals surface area contributed by atoms with Crippen molar-refractivity contribution in [1.29, 1.82) is 0 Å². The zero-order valence-corrected chi connectivity index (χ0v) is 18.3. The highest BCUT2D eigenvalue weighted by Gasteiger charge is 2.29. The predicted octanol–water partition coefficient (Wildman–Crippen LogP) is 4.76. The number of fused-ring (bicyclic) bond motifs is 3. The molecule has 2 N–H and O–H groups in total. The summed E-state index contributed by atoms with van der Waals surface area (Å²) >= 11 is 3.19. The SMILES string of the molecule is O=C(NC(CCSCc1cncs1)C(=O)O)OCC1c2ccccc2-c2ccccc21. The Hall–Kier alpha value is -2.84. The third kappa shape index (κ3) is 5.08. The molecule has 1 amide bonds. The van der Waals surface area contributed by atoms with E-state index in [1.807, 2.05) is 36.4 Å². The Labute approximate surface area is 188 Å². The Morgan fingerprint density at radius 2 is 1.81 bits per heavy atom. The van der Waals surface area contributed by atoms with Crippen molar-refractivity contribution in [3.63, 3.8) is 0 Å². The van der Waals surface area contributed by atoms with E-state index in [0.29, 0.717) is 12.2 Å². The lowest BCUT2D eigenvalue weighted by Gasteiger charge is -2.17. The van der Waals surface area contributed by atoms with Crippen molar-refractivity contribution in [3.8, 4) is 11.1 Å². The number of thiazole rings is 1. The van der Waals surface area contributed by atoms with Crippen LogP contribution in [-0.2, 0) is 15.3 Å². The van der Waals surface area contributed by atoms with Gasteiger partial charge in [0.2, 0.25) is 0 Å². The maximum absolute atomic E-state index is 12.3. The number of thioether (sulfide) groups is 1. The lowest BCUT2D eigenvalue weighted by molar-refractivity contribution is -0.139. The number of aromatic nitrogens is 1. The van der Waals surface area contributed by atoms with Crippen LogP contribution in [0.2, 0.25) is 0 Å². The first-order valence-electron chi connectivity index (χ1n) is 9.93. The summed E-state index contributed by atoms with van der Waals surface area (Å²) in [4.78, 5) is 29.1. The molecule has 0 saturated carbocycles. The van der Waals surface area contributed by atoms with Gasteiger partial charge in [-0.05, 0) is 34.4 Å². The highest BCUT2D eigenvalue weighted by molar-refractivity contribution is 7.98. The van der Waals surface area contributed by atoms with Crippen LogP contribution in [0.1, 0.15) is 28.3 Å². The highest BCUT2D eigenvalue weighted by atomic mass is 32.2. The Kier molecular flexibility index (Phi) is 6.89. The molecule has 1 atom stereocenters. The number of nitrogens with one attached hydrogen (secondary N) is 1. The molecule has 0 fully saturated rings. The van der Waals surface area contributed by atoms with Crippen LogP contribution in [0, 0.1) is 0 Å². The number of ether oxygens (including phenoxy) is 1. The number of rotatable bonds is 9. The number of alkyl carbamates (subject to hydrolysis) is 1. The lowest BCUT2D eigenvalue weighted by Crippen LogP contribution is -2.41. The van der Waals surface area contributed by atoms with Crippen molar-refractivity contribution < 1.29 is 19.4 Å². The molecule has 1 aliphatic carbocycles. The summed E-state index contributed by atoms with van der Waals surface area (Å²) in [6.07, 6.45) is 1.42. The fraction of sp³-hybridized carbons (Fsp3) is 0.261. The van der Waals surface area contributed by atoms with Gasteiger partial charge in [0.1, 0.15) is 12.6 Å². The molecule has 1 aromatic heterocycles. The number of carboxylic acids is 1. The Morgan fingerprint density at radius 1 is 1.13 bits per heavy atom. The van der Waals surface area contributed by atoms with Crippen molar-refractivity contribution in [3.05, 3.63) is 76.2 Å². The number of benzene rings is 2. The van der Waals surface area contributed by atoms with Gasteiger partial charge in [-0.1, -0.05) is 48.5 Å². The second-order valence-electron chi connectivity index (χ2n) is 7.17. The number of amides is 1. The van der Waals surface area contributed by atoms with E-state index in [9.17, 15) is 14.7 Å². The average molecular weight is 455 g/mol. The quantitative estimate of drug-likeness (QED) is 0.453. The maximum Gasteiger partial charge on any atom is 0.407 e. The van der Waals surface area contributed by atoms with Crippen LogP contribution in [-0.4, -0.2) is 40.6 Å². The van der Waals surface area contributed by atoms with Gasteiger partial charge in [-0.25, -0.2) is 9.59 Å². The third-order valence-electron chi connectivity index (χ3n) is 5.21. The molecule has 0 radical (unpaired) electrons. The second kappa shape index (κ2) is 9.98. The average Bonchev–Trinajstić information content (AvgIpc) is 3.40. The van der Waals surface area contributed by atoms with Crippen LogP contribution in [0.25, 0.3) is 11.1 Å². The zero-order valence-electron chi connectivity index (χ0n) is 16.7. The van der Waals surface area contributed by atoms with Gasteiger partial charge in [-0.3, -0.25) is 4.98 Å². The van der Waals surface area contributed by atoms with Crippen LogP contribution in [0.4, 0.5) is 4.79 Å². The Bertz CT molecular complexity index is 1010. The van der Waals surface area contributed by atoms with Crippen LogP contribution >= 0.6 is 23.1 Å². The molecular weight excluding hydrogens is 432 g/mol. The minimum Gasteiger partial charge on any atom is -0.480 e. The first-order chi connectivity index (χ1) is 15.1. The van der Waals surface area contributed by atoms with Crippen LogP contribution < -0.4 is 5.32 Å². The molecule has 8 heteroatoms. The summed E-state index contributed by atoms with van der Waals surface area (Å²) in [5.41, 5.74) is 6.30. The first-order valence-corrected chi connectivity index (χ1v) is 12.0. The van der Waals surface area contributed by atoms with E-state index in [2.05, 4.69) is 22.4 Å². The lowest BCUT2D eigenvalue weighted by atomic mass is 9.98. The molecule has 0 saturated heterocycles. The first kappa shape index (κ1) is 21.4. The standard InChI is InChI=1S/C23H22N2O4S2/c26-22(27)21(9-10-30-13-15-11-24-14-31-15)25-23(28)29-12-20-18-7-3-1-5-16(18)17-6-2-4-8-19(17)20/h1-8,11,14,20-21H,9-10,12-13H2,(H,25,28)(H,26,27). The normalized spacial score (nSPS) is 13.3. The minimum absolute atomic E-state index is 0.0589. The van der Waals surface area contributed by atoms with E-state index in [1.165, 1.54) is 0 Å². The summed E-state index contributed by atoms with van der Waals surface area (Å²) in [5.74, 6) is 0.267. The van der Waals surface area contributed by atoms with E-state index in [4.69, 9.17) is 4.74 Å². The van der Waals surface area contributed by atoms with Gasteiger partial charge >= 0.3 is 12.1 Å². The number of carboxylic acid groups (broad SMARTS) is 1. The summed E-state index contributed by atoms with van der Waals surface area (Å²) in [6, 6.07) is 15.2. The third-order valence-corrected chi connectivity index (χ3v) is 7.21. The van der Waals surface area contributed by atoms with Gasteiger partial charge < -0.3 is 15.2 Å². The highest BCUT2D eigenvalue weighted by Crippen LogP contribution is 2.44. The summed E-state index contributed by atoms with van der Waals surface area (Å²) in [5, 5.41) is 12.0. The number of hydrogen-bond acceptors (Lipinski definition) is 6. The van der Waals surface area contributed by atoms with Crippen LogP contribution in [0.5, 0.6) is 0 Å². The molecule has 1 aliphatic rings. The maximum atomic E-state index is 12.3. The molecule has 0 aliphatic heterocycles. The molecule has 4 rings (SSSR count). The van der Waals surface area contributed by atoms with Crippen molar-refractivity contribution >= 4 is 35.2 Å². The smallest absolute Gasteiger partial charge is 0.407 e. The van der Waals surface area contributed by atoms with Gasteiger partial charge in [0.05, 0.1) is 5.51 Å². The van der Waals surface area contributed by atoms with E-state index >= 15 is 0 Å². The molecule has 31 heavy (non-hydrogen) atoms. The summed E-state index contributed by atoms with van der Waals surface area (Å²) in [7, 11) is 0. The van der Waals surface area contributed by atoms with Gasteiger partial charge in [0, 0.05) is 22.7 Å². The molecule has 3 aromatic rings. The van der Waals surface area contributed by atoms with E-state index in [0.717, 1.165) is 32.9 Å². The largest absolute Gasteiger partial charge is 0.480 e. The molecular formula is C23H22N2O4S2. The Morgan fingerprint density at radius 3 is 2.42 bits per heavy atom. The molecule has 0 spiro atoms. The summed E-state index contributed by atoms with van der Waals surface area (Å²) in [6.45, 7) is 0.159. The van der Waals surface area contributed by atoms with Crippen LogP contribution in [0.15, 0.2) is 60.2 Å². The van der Waals surface area contributed by atoms with Crippen LogP contribution in [0.3, 0.4) is 0 Å². The van der Waals surface area contributed by atoms with Crippen molar-refractivity contribution in [2.24, 2.45) is 0 Å². The molecule has 6 nitrogen and oxygen atoms in total. The molecule has 2 aromatic carbocycles. The van der Waals surface area contributed by atoms with Gasteiger partial charge in [0.15, 0.2) is 0 Å². The number of nitrogens with zero attached hydrogens (tertiary/aromatic N) is 1. The zero-order chi connectivity index (χ0) is 21.6. The Balaban J connectivity index is 1.31. The number of aliphatic carboxylic acids is 1. The van der Waals surface area contributed by atoms with Gasteiger partial charge in [-0.15, -0.1) is 11.3 Å². The van der Waals surface area contributed by atoms with E-state index in [1.54, 1.807) is 34.8 Å². The minimum atomic E-state index is -1.06. The van der Waals surface area contributed by atoms with Crippen molar-refractivity contribution in [2.45, 2.75) is 24.1 Å². The van der Waals surface area contributed by atoms with E-state index < -0.39 is 18.1 Å². The van der Waals surface area contributed by atoms with Gasteiger partial charge in [0.25, 0.3) is 0 Å². The predicted molar refractivity (Wildman–Crippen MR) is 123 cm³/mol. The second-order valence-corrected chi connectivity index (χ2v) is 9.25. The number of carbonyl (C=O) groups excluding carboxylic acids is 1. The number of carbonyl (C=O) groups is 2. The monoisotopic (exact) mass is 454 g/mol. The van der Waals surface area contributed by atoms with E-state index in [-0.39, 0.29) is 12.5 Å². The topological polar surface area (TPSA) is 88.5 Å². The molecule has 1 heterocycles. The molecule has 160 valence electrons. The van der Waals surface area contributed by atoms with Gasteiger partial charge in [-0.2, -0.15) is 11.8 Å². The van der Waals surface area contributed by atoms with Crippen molar-refractivity contribution in [2.75, 3.05) is 12.4 Å². The van der Waals surface area contributed by atoms with Crippen molar-refractivity contribution in [1.82, 2.24) is 10.3 Å².